The van der Waals surface area contributed by atoms with Gasteiger partial charge in [0.25, 0.3) is 0 Å². The Kier molecular flexibility index (Phi) is 19.0. The predicted molar refractivity (Wildman–Crippen MR) is 142 cm³/mol. The van der Waals surface area contributed by atoms with Gasteiger partial charge in [-0.1, -0.05) is 82.6 Å². The minimum absolute atomic E-state index is 0. The van der Waals surface area contributed by atoms with Crippen LogP contribution in [0, 0.1) is 6.92 Å². The molecule has 2 rings (SSSR count). The van der Waals surface area contributed by atoms with Crippen molar-refractivity contribution in [3.05, 3.63) is 64.7 Å². The molecule has 5 heteroatoms. The summed E-state index contributed by atoms with van der Waals surface area (Å²) in [6.07, 6.45) is -0.500. The first-order valence-electron chi connectivity index (χ1n) is 11.8. The van der Waals surface area contributed by atoms with Crippen molar-refractivity contribution in [3.8, 4) is 5.75 Å². The molecule has 0 radical (unpaired) electrons. The molecule has 0 bridgehead atoms. The zero-order valence-electron chi connectivity index (χ0n) is 23.6. The van der Waals surface area contributed by atoms with Gasteiger partial charge in [0, 0.05) is 51.0 Å². The molecule has 4 nitrogen and oxygen atoms in total. The monoisotopic (exact) mass is 510 g/mol. The van der Waals surface area contributed by atoms with E-state index in [4.69, 9.17) is 15.3 Å². The molecular weight excluding hydrogens is 460 g/mol. The van der Waals surface area contributed by atoms with Crippen LogP contribution in [0.25, 0.3) is 0 Å². The Morgan fingerprint density at radius 2 is 0.971 bits per heavy atom. The van der Waals surface area contributed by atoms with Crippen LogP contribution in [0.5, 0.6) is 5.75 Å². The minimum atomic E-state index is -0.225. The molecule has 34 heavy (non-hydrogen) atoms. The van der Waals surface area contributed by atoms with Crippen LogP contribution in [0.1, 0.15) is 98.4 Å². The maximum atomic E-state index is 10.8. The molecule has 0 saturated carbocycles. The summed E-state index contributed by atoms with van der Waals surface area (Å²) < 4.78 is 0. The van der Waals surface area contributed by atoms with Crippen molar-refractivity contribution in [1.29, 1.82) is 0 Å². The van der Waals surface area contributed by atoms with Crippen molar-refractivity contribution in [2.45, 2.75) is 112 Å². The summed E-state index contributed by atoms with van der Waals surface area (Å²) in [6, 6.07) is 14.6. The number of aryl methyl sites for hydroxylation is 1. The minimum Gasteiger partial charge on any atom is -0.507 e. The standard InChI is InChI=1S/C20H26O.3C3H8O.Ti/c1-14-12-16(19(2,3)4)18(21)17(13-14)20(5,6)15-10-8-7-9-11-15;3*1-3(2)4;/h7-13,21H,1-6H3;3*3-4H,1-2H3;. The van der Waals surface area contributed by atoms with E-state index in [0.717, 1.165) is 11.1 Å². The first-order valence-corrected chi connectivity index (χ1v) is 11.8. The molecule has 0 fully saturated rings. The molecule has 0 aliphatic heterocycles. The average Bonchev–Trinajstić information content (AvgIpc) is 2.61. The molecule has 0 amide bonds. The second kappa shape index (κ2) is 17.3. The second-order valence-electron chi connectivity index (χ2n) is 10.7. The van der Waals surface area contributed by atoms with E-state index in [9.17, 15) is 5.11 Å². The zero-order chi connectivity index (χ0) is 26.6. The summed E-state index contributed by atoms with van der Waals surface area (Å²) in [5.41, 5.74) is 4.12. The van der Waals surface area contributed by atoms with Crippen LogP contribution >= 0.6 is 0 Å². The molecule has 0 atom stereocenters. The number of rotatable bonds is 2. The van der Waals surface area contributed by atoms with Crippen molar-refractivity contribution >= 4 is 0 Å². The number of hydrogen-bond acceptors (Lipinski definition) is 4. The third kappa shape index (κ3) is 16.5. The van der Waals surface area contributed by atoms with Crippen LogP contribution in [0.15, 0.2) is 42.5 Å². The van der Waals surface area contributed by atoms with E-state index >= 15 is 0 Å². The van der Waals surface area contributed by atoms with Crippen molar-refractivity contribution in [3.63, 3.8) is 0 Å². The molecule has 0 aliphatic rings. The summed E-state index contributed by atoms with van der Waals surface area (Å²) in [7, 11) is 0. The van der Waals surface area contributed by atoms with Crippen LogP contribution < -0.4 is 0 Å². The van der Waals surface area contributed by atoms with Gasteiger partial charge in [0.15, 0.2) is 0 Å². The van der Waals surface area contributed by atoms with Crippen molar-refractivity contribution < 1.29 is 42.1 Å². The fourth-order valence-corrected chi connectivity index (χ4v) is 2.84. The normalized spacial score (nSPS) is 10.9. The Morgan fingerprint density at radius 3 is 1.29 bits per heavy atom. The quantitative estimate of drug-likeness (QED) is 0.349. The van der Waals surface area contributed by atoms with Gasteiger partial charge >= 0.3 is 0 Å². The van der Waals surface area contributed by atoms with E-state index in [1.54, 1.807) is 41.5 Å². The van der Waals surface area contributed by atoms with Crippen molar-refractivity contribution in [2.75, 3.05) is 0 Å². The summed E-state index contributed by atoms with van der Waals surface area (Å²) in [5.74, 6) is 0.432. The van der Waals surface area contributed by atoms with E-state index in [2.05, 4.69) is 77.9 Å². The predicted octanol–water partition coefficient (Wildman–Crippen LogP) is 6.48. The molecule has 2 aromatic rings. The molecule has 0 heterocycles. The molecule has 0 saturated heterocycles. The van der Waals surface area contributed by atoms with E-state index < -0.39 is 0 Å². The maximum Gasteiger partial charge on any atom is 0.123 e. The first kappa shape index (κ1) is 37.4. The largest absolute Gasteiger partial charge is 0.507 e. The van der Waals surface area contributed by atoms with Crippen LogP contribution in [-0.4, -0.2) is 38.7 Å². The van der Waals surface area contributed by atoms with Gasteiger partial charge in [0.1, 0.15) is 5.75 Å². The smallest absolute Gasteiger partial charge is 0.123 e. The van der Waals surface area contributed by atoms with E-state index in [0.29, 0.717) is 5.75 Å². The van der Waals surface area contributed by atoms with E-state index in [1.807, 2.05) is 6.07 Å². The summed E-state index contributed by atoms with van der Waals surface area (Å²) >= 11 is 0. The Hall–Kier alpha value is -1.17. The second-order valence-corrected chi connectivity index (χ2v) is 10.7. The number of hydrogen-bond donors (Lipinski definition) is 4. The molecule has 2 aromatic carbocycles. The average molecular weight is 511 g/mol. The molecule has 0 spiro atoms. The van der Waals surface area contributed by atoms with Crippen LogP contribution in [0.2, 0.25) is 0 Å². The van der Waals surface area contributed by atoms with Crippen molar-refractivity contribution in [2.24, 2.45) is 0 Å². The van der Waals surface area contributed by atoms with Gasteiger partial charge in [-0.15, -0.1) is 0 Å². The first-order chi connectivity index (χ1) is 14.8. The Labute approximate surface area is 224 Å². The van der Waals surface area contributed by atoms with Crippen LogP contribution in [0.4, 0.5) is 0 Å². The summed E-state index contributed by atoms with van der Waals surface area (Å²) in [5, 5.41) is 35.0. The molecule has 4 N–H and O–H groups in total. The number of benzene rings is 2. The number of phenolic OH excluding ortho intramolecular Hbond substituents is 1. The van der Waals surface area contributed by atoms with Crippen molar-refractivity contribution in [1.82, 2.24) is 0 Å². The summed E-state index contributed by atoms with van der Waals surface area (Å²) in [4.78, 5) is 0. The maximum absolute atomic E-state index is 10.8. The third-order valence-electron chi connectivity index (χ3n) is 4.23. The SMILES string of the molecule is CC(C)O.CC(C)O.CC(C)O.Cc1cc(C(C)(C)C)c(O)c(C(C)(C)c2ccccc2)c1.[Ti]. The molecule has 0 aromatic heterocycles. The van der Waals surface area contributed by atoms with Gasteiger partial charge in [0.2, 0.25) is 0 Å². The zero-order valence-corrected chi connectivity index (χ0v) is 25.1. The van der Waals surface area contributed by atoms with Crippen LogP contribution in [-0.2, 0) is 32.5 Å². The molecular formula is C29H50O4Ti. The van der Waals surface area contributed by atoms with Gasteiger partial charge in [-0.3, -0.25) is 0 Å². The molecule has 0 unspecified atom stereocenters. The van der Waals surface area contributed by atoms with Gasteiger partial charge in [-0.2, -0.15) is 0 Å². The number of aromatic hydroxyl groups is 1. The Morgan fingerprint density at radius 1 is 0.647 bits per heavy atom. The third-order valence-corrected chi connectivity index (χ3v) is 4.23. The van der Waals surface area contributed by atoms with Gasteiger partial charge in [-0.25, -0.2) is 0 Å². The van der Waals surface area contributed by atoms with E-state index in [1.165, 1.54) is 11.1 Å². The molecule has 0 aliphatic carbocycles. The fraction of sp³-hybridized carbons (Fsp3) is 0.586. The van der Waals surface area contributed by atoms with Gasteiger partial charge in [-0.05, 0) is 65.0 Å². The number of aliphatic hydroxyl groups excluding tert-OH is 3. The fourth-order valence-electron chi connectivity index (χ4n) is 2.84. The Bertz CT molecular complexity index is 754. The summed E-state index contributed by atoms with van der Waals surface area (Å²) in [6.45, 7) is 23.2. The molecule has 194 valence electrons. The number of aliphatic hydroxyl groups is 3. The van der Waals surface area contributed by atoms with Gasteiger partial charge < -0.3 is 20.4 Å². The van der Waals surface area contributed by atoms with Crippen LogP contribution in [0.3, 0.4) is 0 Å². The van der Waals surface area contributed by atoms with E-state index in [-0.39, 0.29) is 50.9 Å². The van der Waals surface area contributed by atoms with Gasteiger partial charge in [0.05, 0.1) is 0 Å². The number of phenols is 1. The Balaban J connectivity index is -0.000000618. The topological polar surface area (TPSA) is 80.9 Å².